The molecule has 2 aromatic carbocycles. The topological polar surface area (TPSA) is 0 Å². The summed E-state index contributed by atoms with van der Waals surface area (Å²) in [6.45, 7) is 0. The van der Waals surface area contributed by atoms with Crippen molar-refractivity contribution in [2.24, 2.45) is 0 Å². The van der Waals surface area contributed by atoms with Crippen LogP contribution in [0.4, 0.5) is 0 Å². The minimum absolute atomic E-state index is 1.30. The SMILES string of the molecule is c1csc(-c2ccc(-c3ccc(-c4cccc5ccccc45)s3)s2)c1. The fourth-order valence-electron chi connectivity index (χ4n) is 3.08. The zero-order chi connectivity index (χ0) is 16.6. The summed E-state index contributed by atoms with van der Waals surface area (Å²) in [7, 11) is 0. The van der Waals surface area contributed by atoms with Gasteiger partial charge >= 0.3 is 0 Å². The zero-order valence-electron chi connectivity index (χ0n) is 13.3. The van der Waals surface area contributed by atoms with Gasteiger partial charge in [-0.2, -0.15) is 0 Å². The lowest BCUT2D eigenvalue weighted by molar-refractivity contribution is 1.74. The fourth-order valence-corrected chi connectivity index (χ4v) is 6.05. The Hall–Kier alpha value is -2.20. The largest absolute Gasteiger partial charge is 0.143 e. The highest BCUT2D eigenvalue weighted by Gasteiger charge is 2.10. The Labute approximate surface area is 158 Å². The van der Waals surface area contributed by atoms with Gasteiger partial charge in [0, 0.05) is 24.4 Å². The minimum Gasteiger partial charge on any atom is -0.143 e. The van der Waals surface area contributed by atoms with Crippen LogP contribution in [0.5, 0.6) is 0 Å². The first-order valence-electron chi connectivity index (χ1n) is 8.10. The summed E-state index contributed by atoms with van der Waals surface area (Å²) in [6, 6.07) is 28.5. The lowest BCUT2D eigenvalue weighted by atomic mass is 10.0. The van der Waals surface area contributed by atoms with Crippen LogP contribution in [0.15, 0.2) is 84.2 Å². The highest BCUT2D eigenvalue weighted by Crippen LogP contribution is 2.42. The van der Waals surface area contributed by atoms with E-state index in [4.69, 9.17) is 0 Å². The third-order valence-corrected chi connectivity index (χ3v) is 7.74. The number of hydrogen-bond acceptors (Lipinski definition) is 3. The molecular formula is C22H14S3. The first kappa shape index (κ1) is 15.1. The van der Waals surface area contributed by atoms with Crippen molar-refractivity contribution in [1.82, 2.24) is 0 Å². The fraction of sp³-hybridized carbons (Fsp3) is 0. The highest BCUT2D eigenvalue weighted by atomic mass is 32.1. The summed E-state index contributed by atoms with van der Waals surface area (Å²) in [5.41, 5.74) is 1.32. The van der Waals surface area contributed by atoms with Crippen molar-refractivity contribution in [2.45, 2.75) is 0 Å². The molecule has 0 saturated carbocycles. The van der Waals surface area contributed by atoms with Crippen molar-refractivity contribution in [1.29, 1.82) is 0 Å². The van der Waals surface area contributed by atoms with Gasteiger partial charge in [0.05, 0.1) is 0 Å². The average molecular weight is 375 g/mol. The van der Waals surface area contributed by atoms with Gasteiger partial charge in [-0.3, -0.25) is 0 Å². The summed E-state index contributed by atoms with van der Waals surface area (Å²) < 4.78 is 0. The van der Waals surface area contributed by atoms with E-state index in [0.29, 0.717) is 0 Å². The van der Waals surface area contributed by atoms with Gasteiger partial charge in [0.15, 0.2) is 0 Å². The van der Waals surface area contributed by atoms with Crippen LogP contribution >= 0.6 is 34.0 Å². The van der Waals surface area contributed by atoms with E-state index in [9.17, 15) is 0 Å². The molecule has 0 aliphatic heterocycles. The van der Waals surface area contributed by atoms with Crippen molar-refractivity contribution in [2.75, 3.05) is 0 Å². The highest BCUT2D eigenvalue weighted by molar-refractivity contribution is 7.27. The van der Waals surface area contributed by atoms with E-state index in [2.05, 4.69) is 84.2 Å². The van der Waals surface area contributed by atoms with Gasteiger partial charge in [-0.05, 0) is 52.0 Å². The molecule has 3 aromatic heterocycles. The van der Waals surface area contributed by atoms with Gasteiger partial charge in [-0.25, -0.2) is 0 Å². The second-order valence-electron chi connectivity index (χ2n) is 5.83. The molecule has 0 nitrogen and oxygen atoms in total. The third kappa shape index (κ3) is 2.74. The van der Waals surface area contributed by atoms with Crippen molar-refractivity contribution in [3.63, 3.8) is 0 Å². The number of rotatable bonds is 3. The number of hydrogen-bond donors (Lipinski definition) is 0. The molecule has 0 radical (unpaired) electrons. The van der Waals surface area contributed by atoms with Gasteiger partial charge in [0.1, 0.15) is 0 Å². The third-order valence-electron chi connectivity index (χ3n) is 4.27. The lowest BCUT2D eigenvalue weighted by Crippen LogP contribution is -1.76. The molecule has 0 fully saturated rings. The maximum Gasteiger partial charge on any atom is 0.0449 e. The molecule has 0 unspecified atom stereocenters. The van der Waals surface area contributed by atoms with Gasteiger partial charge in [-0.15, -0.1) is 34.0 Å². The normalized spacial score (nSPS) is 11.2. The predicted octanol–water partition coefficient (Wildman–Crippen LogP) is 8.03. The minimum atomic E-state index is 1.30. The van der Waals surface area contributed by atoms with Crippen LogP contribution in [0, 0.1) is 0 Å². The first-order chi connectivity index (χ1) is 12.4. The molecule has 0 atom stereocenters. The zero-order valence-corrected chi connectivity index (χ0v) is 15.8. The number of fused-ring (bicyclic) bond motifs is 1. The van der Waals surface area contributed by atoms with Crippen LogP contribution in [0.25, 0.3) is 40.7 Å². The van der Waals surface area contributed by atoms with E-state index >= 15 is 0 Å². The molecule has 0 aliphatic rings. The molecule has 0 spiro atoms. The van der Waals surface area contributed by atoms with Crippen molar-refractivity contribution in [3.8, 4) is 29.9 Å². The molecule has 0 N–H and O–H groups in total. The molecule has 5 rings (SSSR count). The molecule has 0 aliphatic carbocycles. The molecule has 0 bridgehead atoms. The van der Waals surface area contributed by atoms with Crippen molar-refractivity contribution >= 4 is 44.8 Å². The van der Waals surface area contributed by atoms with E-state index in [1.54, 1.807) is 11.3 Å². The molecule has 0 amide bonds. The van der Waals surface area contributed by atoms with Crippen molar-refractivity contribution in [3.05, 3.63) is 84.2 Å². The second kappa shape index (κ2) is 6.26. The number of benzene rings is 2. The van der Waals surface area contributed by atoms with Gasteiger partial charge in [0.25, 0.3) is 0 Å². The van der Waals surface area contributed by atoms with Crippen LogP contribution < -0.4 is 0 Å². The van der Waals surface area contributed by atoms with Gasteiger partial charge < -0.3 is 0 Å². The standard InChI is InChI=1S/C22H14S3/c1-2-7-16-15(5-1)6-3-8-17(16)18-10-11-21(24-18)22-13-12-20(25-22)19-9-4-14-23-19/h1-14H. The molecular weight excluding hydrogens is 360 g/mol. The van der Waals surface area contributed by atoms with Crippen LogP contribution in [0.1, 0.15) is 0 Å². The molecule has 120 valence electrons. The van der Waals surface area contributed by atoms with Crippen LogP contribution in [0.2, 0.25) is 0 Å². The maximum atomic E-state index is 2.26. The van der Waals surface area contributed by atoms with Gasteiger partial charge in [-0.1, -0.05) is 48.5 Å². The van der Waals surface area contributed by atoms with Crippen LogP contribution in [-0.2, 0) is 0 Å². The Balaban J connectivity index is 1.55. The quantitative estimate of drug-likeness (QED) is 0.300. The molecule has 5 aromatic rings. The second-order valence-corrected chi connectivity index (χ2v) is 8.95. The van der Waals surface area contributed by atoms with Crippen molar-refractivity contribution < 1.29 is 0 Å². The first-order valence-corrected chi connectivity index (χ1v) is 10.6. The van der Waals surface area contributed by atoms with E-state index < -0.39 is 0 Å². The van der Waals surface area contributed by atoms with E-state index in [0.717, 1.165) is 0 Å². The summed E-state index contributed by atoms with van der Waals surface area (Å²) >= 11 is 5.56. The summed E-state index contributed by atoms with van der Waals surface area (Å²) in [6.07, 6.45) is 0. The Morgan fingerprint density at radius 2 is 1.16 bits per heavy atom. The molecule has 3 heteroatoms. The Kier molecular flexibility index (Phi) is 3.78. The number of thiophene rings is 3. The Morgan fingerprint density at radius 3 is 1.96 bits per heavy atom. The van der Waals surface area contributed by atoms with Gasteiger partial charge in [0.2, 0.25) is 0 Å². The van der Waals surface area contributed by atoms with E-state index in [1.165, 1.54) is 40.7 Å². The summed E-state index contributed by atoms with van der Waals surface area (Å²) in [4.78, 5) is 6.72. The smallest absolute Gasteiger partial charge is 0.0449 e. The van der Waals surface area contributed by atoms with Crippen LogP contribution in [0.3, 0.4) is 0 Å². The van der Waals surface area contributed by atoms with E-state index in [-0.39, 0.29) is 0 Å². The lowest BCUT2D eigenvalue weighted by Gasteiger charge is -2.03. The maximum absolute atomic E-state index is 2.26. The Bertz CT molecular complexity index is 1140. The monoisotopic (exact) mass is 374 g/mol. The Morgan fingerprint density at radius 1 is 0.480 bits per heavy atom. The molecule has 3 heterocycles. The molecule has 0 saturated heterocycles. The predicted molar refractivity (Wildman–Crippen MR) is 114 cm³/mol. The molecule has 25 heavy (non-hydrogen) atoms. The average Bonchev–Trinajstić information content (AvgIpc) is 3.41. The summed E-state index contributed by atoms with van der Waals surface area (Å²) in [5.74, 6) is 0. The van der Waals surface area contributed by atoms with E-state index in [1.807, 2.05) is 22.7 Å². The summed E-state index contributed by atoms with van der Waals surface area (Å²) in [5, 5.41) is 4.76. The van der Waals surface area contributed by atoms with Crippen LogP contribution in [-0.4, -0.2) is 0 Å².